The molecule has 0 atom stereocenters. The average molecular weight is 545 g/mol. The summed E-state index contributed by atoms with van der Waals surface area (Å²) < 4.78 is 220. The molecule has 9 rings (SSSR count). The minimum Gasteiger partial charge on any atom is -0.455 e. The van der Waals surface area contributed by atoms with Gasteiger partial charge in [0.15, 0.2) is 0 Å². The monoisotopic (exact) mass is 544 g/mol. The fourth-order valence-electron chi connectivity index (χ4n) is 5.28. The minimum absolute atomic E-state index is 0.366. The zero-order valence-corrected chi connectivity index (χ0v) is 20.4. The molecule has 1 nitrogen and oxygen atoms in total. The van der Waals surface area contributed by atoms with E-state index in [4.69, 9.17) is 29.1 Å². The highest BCUT2D eigenvalue weighted by Crippen LogP contribution is 2.47. The van der Waals surface area contributed by atoms with Gasteiger partial charge in [0.25, 0.3) is 0 Å². The summed E-state index contributed by atoms with van der Waals surface area (Å²) in [5.41, 5.74) is -3.79. The molecule has 1 aromatic heterocycles. The molecule has 190 valence electrons. The summed E-state index contributed by atoms with van der Waals surface area (Å²) in [6, 6.07) is -20.7. The van der Waals surface area contributed by atoms with E-state index in [1.165, 1.54) is 0 Å². The Balaban J connectivity index is 1.69. The quantitative estimate of drug-likeness (QED) is 0.197. The second kappa shape index (κ2) is 8.55. The van der Waals surface area contributed by atoms with Gasteiger partial charge in [-0.05, 0) is 60.3 Å². The molecular formula is C40H24O. The smallest absolute Gasteiger partial charge is 0.143 e. The van der Waals surface area contributed by atoms with E-state index in [0.29, 0.717) is 0 Å². The van der Waals surface area contributed by atoms with Crippen LogP contribution in [-0.2, 0) is 0 Å². The van der Waals surface area contributed by atoms with Crippen LogP contribution in [0.15, 0.2) is 149 Å². The number of hydrogen-bond acceptors (Lipinski definition) is 1. The van der Waals surface area contributed by atoms with E-state index in [1.807, 2.05) is 0 Å². The number of rotatable bonds is 2. The highest BCUT2D eigenvalue weighted by Gasteiger charge is 2.21. The average Bonchev–Trinajstić information content (AvgIpc) is 3.67. The van der Waals surface area contributed by atoms with Gasteiger partial charge < -0.3 is 4.42 Å². The van der Waals surface area contributed by atoms with Crippen LogP contribution in [0.3, 0.4) is 0 Å². The van der Waals surface area contributed by atoms with Crippen molar-refractivity contribution in [1.29, 1.82) is 0 Å². The lowest BCUT2D eigenvalue weighted by atomic mass is 9.84. The highest BCUT2D eigenvalue weighted by molar-refractivity contribution is 6.27. The van der Waals surface area contributed by atoms with Crippen LogP contribution < -0.4 is 0 Å². The van der Waals surface area contributed by atoms with Crippen molar-refractivity contribution >= 4 is 65.0 Å². The molecule has 0 aliphatic heterocycles. The Bertz CT molecular complexity index is 3730. The SMILES string of the molecule is [2H]c1c([2H])c([2H])c2c(oc3c([2H])c([2H])c4c([2H])c([2H])c([2H])c([2H])c4c32)c1-c1c2c([2H])c([2H])c([2H])c([2H])c2c(-c2c([2H])c([2H])c([2H])c3c([2H])c([2H])c([2H])c([2H])c23)c2c([2H])c([2H])c([2H])c([2H])c12. The Hall–Kier alpha value is -5.40. The van der Waals surface area contributed by atoms with Crippen molar-refractivity contribution in [3.05, 3.63) is 145 Å². The third kappa shape index (κ3) is 3.18. The molecule has 0 bridgehead atoms. The molecule has 9 aromatic rings. The Morgan fingerprint density at radius 1 is 0.366 bits per heavy atom. The van der Waals surface area contributed by atoms with Crippen molar-refractivity contribution in [2.24, 2.45) is 0 Å². The zero-order valence-electron chi connectivity index (χ0n) is 44.4. The van der Waals surface area contributed by atoms with Crippen molar-refractivity contribution in [3.63, 3.8) is 0 Å². The first-order valence-electron chi connectivity index (χ1n) is 24.2. The zero-order chi connectivity index (χ0) is 47.8. The fourth-order valence-corrected chi connectivity index (χ4v) is 5.28. The first-order valence-corrected chi connectivity index (χ1v) is 12.2. The lowest BCUT2D eigenvalue weighted by Crippen LogP contribution is -1.91. The first kappa shape index (κ1) is 9.33. The third-order valence-corrected chi connectivity index (χ3v) is 6.94. The predicted octanol–water partition coefficient (Wildman–Crippen LogP) is 11.5. The second-order valence-electron chi connectivity index (χ2n) is 9.01. The maximum Gasteiger partial charge on any atom is 0.143 e. The molecular weight excluding hydrogens is 496 g/mol. The fraction of sp³-hybridized carbons (Fsp3) is 0. The van der Waals surface area contributed by atoms with E-state index < -0.39 is 227 Å². The molecule has 41 heavy (non-hydrogen) atoms. The van der Waals surface area contributed by atoms with Gasteiger partial charge in [-0.1, -0.05) is 139 Å². The number of fused-ring (bicyclic) bond motifs is 8. The molecule has 0 saturated heterocycles. The minimum atomic E-state index is -0.944. The van der Waals surface area contributed by atoms with Gasteiger partial charge in [-0.15, -0.1) is 0 Å². The molecule has 0 N–H and O–H groups in total. The summed E-state index contributed by atoms with van der Waals surface area (Å²) >= 11 is 0. The molecule has 1 heteroatoms. The number of hydrogen-bond donors (Lipinski definition) is 0. The van der Waals surface area contributed by atoms with Gasteiger partial charge in [0, 0.05) is 21.9 Å². The van der Waals surface area contributed by atoms with Gasteiger partial charge in [-0.2, -0.15) is 0 Å². The van der Waals surface area contributed by atoms with E-state index in [2.05, 4.69) is 0 Å². The molecule has 0 aliphatic rings. The predicted molar refractivity (Wildman–Crippen MR) is 175 cm³/mol. The Morgan fingerprint density at radius 3 is 1.51 bits per heavy atom. The van der Waals surface area contributed by atoms with Crippen LogP contribution >= 0.6 is 0 Å². The summed E-state index contributed by atoms with van der Waals surface area (Å²) in [4.78, 5) is 0. The normalized spacial score (nSPS) is 20.1. The molecule has 0 spiro atoms. The van der Waals surface area contributed by atoms with Gasteiger partial charge >= 0.3 is 0 Å². The van der Waals surface area contributed by atoms with E-state index in [-0.39, 0.29) is 5.39 Å². The van der Waals surface area contributed by atoms with Crippen LogP contribution in [0.25, 0.3) is 87.3 Å². The highest BCUT2D eigenvalue weighted by atomic mass is 16.3. The summed E-state index contributed by atoms with van der Waals surface area (Å²) in [6.07, 6.45) is 0. The second-order valence-corrected chi connectivity index (χ2v) is 9.01. The van der Waals surface area contributed by atoms with E-state index >= 15 is 0 Å². The standard InChI is InChI=1S/C40H24O/c1-3-14-27-25(11-1)13-9-20-29(27)37-30-16-5-7-18-32(30)38(33-19-8-6-17-31(33)37)34-21-10-22-35-39-28-15-4-2-12-26(28)23-24-36(39)41-40(34)35/h1-24H/i1D,2D,3D,4D,5D,6D,7D,8D,9D,10D,11D,12D,13D,14D,15D,16D,17D,18D,19D,20D,21D,22D,23D,24D. The maximum absolute atomic E-state index is 9.42. The largest absolute Gasteiger partial charge is 0.455 e. The lowest BCUT2D eigenvalue weighted by molar-refractivity contribution is 0.670. The van der Waals surface area contributed by atoms with Gasteiger partial charge in [0.1, 0.15) is 11.2 Å². The summed E-state index contributed by atoms with van der Waals surface area (Å²) in [5, 5.41) is -5.53. The number of benzene rings is 8. The topological polar surface area (TPSA) is 13.1 Å². The summed E-state index contributed by atoms with van der Waals surface area (Å²) in [6.45, 7) is 0. The summed E-state index contributed by atoms with van der Waals surface area (Å²) in [7, 11) is 0. The van der Waals surface area contributed by atoms with Crippen molar-refractivity contribution in [1.82, 2.24) is 0 Å². The Labute approximate surface area is 270 Å². The Kier molecular flexibility index (Phi) is 1.94. The van der Waals surface area contributed by atoms with Crippen molar-refractivity contribution in [2.75, 3.05) is 0 Å². The van der Waals surface area contributed by atoms with Gasteiger partial charge in [0.05, 0.1) is 32.9 Å². The number of para-hydroxylation sites is 1. The van der Waals surface area contributed by atoms with Crippen LogP contribution in [0.5, 0.6) is 0 Å². The van der Waals surface area contributed by atoms with Gasteiger partial charge in [-0.25, -0.2) is 0 Å². The van der Waals surface area contributed by atoms with Gasteiger partial charge in [-0.3, -0.25) is 0 Å². The maximum atomic E-state index is 9.42. The van der Waals surface area contributed by atoms with E-state index in [0.717, 1.165) is 0 Å². The van der Waals surface area contributed by atoms with Crippen LogP contribution in [0, 0.1) is 0 Å². The lowest BCUT2D eigenvalue weighted by Gasteiger charge is -2.18. The van der Waals surface area contributed by atoms with Crippen molar-refractivity contribution < 1.29 is 37.3 Å². The van der Waals surface area contributed by atoms with Crippen LogP contribution in [0.2, 0.25) is 0 Å². The Morgan fingerprint density at radius 2 is 0.829 bits per heavy atom. The van der Waals surface area contributed by atoms with Crippen LogP contribution in [-0.4, -0.2) is 0 Å². The third-order valence-electron chi connectivity index (χ3n) is 6.94. The molecule has 0 saturated carbocycles. The van der Waals surface area contributed by atoms with Crippen molar-refractivity contribution in [3.8, 4) is 22.3 Å². The van der Waals surface area contributed by atoms with Crippen LogP contribution in [0.4, 0.5) is 0 Å². The van der Waals surface area contributed by atoms with E-state index in [1.54, 1.807) is 0 Å². The van der Waals surface area contributed by atoms with Crippen molar-refractivity contribution in [2.45, 2.75) is 0 Å². The molecule has 0 amide bonds. The van der Waals surface area contributed by atoms with Crippen LogP contribution in [0.1, 0.15) is 32.9 Å². The van der Waals surface area contributed by atoms with E-state index in [9.17, 15) is 8.22 Å². The molecule has 0 radical (unpaired) electrons. The molecule has 0 fully saturated rings. The first-order chi connectivity index (χ1) is 30.3. The molecule has 1 heterocycles. The summed E-state index contributed by atoms with van der Waals surface area (Å²) in [5.74, 6) is 0. The molecule has 8 aromatic carbocycles. The molecule has 0 unspecified atom stereocenters. The number of furan rings is 1. The molecule has 0 aliphatic carbocycles. The van der Waals surface area contributed by atoms with Gasteiger partial charge in [0.2, 0.25) is 0 Å².